The highest BCUT2D eigenvalue weighted by Gasteiger charge is 2.48. The van der Waals surface area contributed by atoms with Gasteiger partial charge in [-0.05, 0) is 145 Å². The molecule has 2 heteroatoms. The van der Waals surface area contributed by atoms with E-state index in [1.54, 1.807) is 0 Å². The van der Waals surface area contributed by atoms with Crippen LogP contribution in [-0.4, -0.2) is 0 Å². The van der Waals surface area contributed by atoms with Crippen molar-refractivity contribution in [1.29, 1.82) is 0 Å². The third-order valence-electron chi connectivity index (χ3n) is 15.6. The van der Waals surface area contributed by atoms with E-state index in [4.69, 9.17) is 4.42 Å². The lowest BCUT2D eigenvalue weighted by molar-refractivity contribution is 0.617. The molecule has 10 aromatic carbocycles. The number of rotatable bonds is 8. The van der Waals surface area contributed by atoms with Crippen molar-refractivity contribution >= 4 is 28.0 Å². The van der Waals surface area contributed by atoms with Crippen molar-refractivity contribution in [1.82, 2.24) is 0 Å². The summed E-state index contributed by atoms with van der Waals surface area (Å²) in [6.07, 6.45) is 5.04. The van der Waals surface area contributed by atoms with E-state index in [0.29, 0.717) is 0 Å². The second-order valence-electron chi connectivity index (χ2n) is 19.0. The normalized spacial score (nSPS) is 14.4. The van der Waals surface area contributed by atoms with E-state index in [2.05, 4.69) is 248 Å². The largest absolute Gasteiger partial charge is 0.464 e. The summed E-state index contributed by atoms with van der Waals surface area (Å²) in [7, 11) is 0. The Morgan fingerprint density at radius 1 is 0.333 bits per heavy atom. The van der Waals surface area contributed by atoms with Gasteiger partial charge in [-0.2, -0.15) is 0 Å². The van der Waals surface area contributed by atoms with E-state index in [1.807, 2.05) is 6.26 Å². The molecule has 0 aliphatic heterocycles. The Balaban J connectivity index is 1.06. The molecule has 11 aromatic rings. The molecule has 326 valence electrons. The van der Waals surface area contributed by atoms with Crippen molar-refractivity contribution in [3.8, 4) is 33.4 Å². The van der Waals surface area contributed by atoms with Crippen LogP contribution in [0.5, 0.6) is 0 Å². The number of benzene rings is 10. The molecule has 0 fully saturated rings. The summed E-state index contributed by atoms with van der Waals surface area (Å²) in [5, 5.41) is 1.12. The molecule has 0 unspecified atom stereocenters. The Morgan fingerprint density at radius 3 is 1.46 bits per heavy atom. The molecular weight excluding hydrogens is 835 g/mol. The highest BCUT2D eigenvalue weighted by atomic mass is 16.3. The molecule has 0 atom stereocenters. The van der Waals surface area contributed by atoms with Crippen molar-refractivity contribution in [3.05, 3.63) is 305 Å². The summed E-state index contributed by atoms with van der Waals surface area (Å²) in [5.74, 6) is 0. The Morgan fingerprint density at radius 2 is 0.826 bits per heavy atom. The van der Waals surface area contributed by atoms with Crippen LogP contribution in [0.4, 0.5) is 17.1 Å². The Hall–Kier alpha value is -8.46. The summed E-state index contributed by atoms with van der Waals surface area (Å²) in [5.41, 5.74) is 23.8. The number of furan rings is 1. The Bertz CT molecular complexity index is 3680. The molecule has 0 radical (unpaired) electrons. The van der Waals surface area contributed by atoms with Crippen LogP contribution >= 0.6 is 0 Å². The number of anilines is 3. The number of aryl methyl sites for hydroxylation is 1. The van der Waals surface area contributed by atoms with Crippen LogP contribution in [-0.2, 0) is 23.7 Å². The van der Waals surface area contributed by atoms with Crippen LogP contribution < -0.4 is 4.90 Å². The van der Waals surface area contributed by atoms with E-state index in [1.165, 1.54) is 83.5 Å². The quantitative estimate of drug-likeness (QED) is 0.151. The first kappa shape index (κ1) is 39.7. The van der Waals surface area contributed by atoms with Gasteiger partial charge < -0.3 is 9.32 Å². The SMILES string of the molecule is c1ccc(C2(c3ccccc3)c3ccccc3-c3cc(N(c4cc5c(c(-c6cccc7ccoc67)c4)CCC5)c4ccc5c(c4)C(c4ccccc4)(c4ccccc4)c4ccccc4-5)ccc32)cc1. The van der Waals surface area contributed by atoms with Gasteiger partial charge >= 0.3 is 0 Å². The van der Waals surface area contributed by atoms with Crippen molar-refractivity contribution in [3.63, 3.8) is 0 Å². The summed E-state index contributed by atoms with van der Waals surface area (Å²) < 4.78 is 6.28. The number of nitrogens with zero attached hydrogens (tertiary/aromatic N) is 1. The highest BCUT2D eigenvalue weighted by molar-refractivity contribution is 5.97. The molecular formula is C67H47NO. The number of para-hydroxylation sites is 1. The molecule has 0 saturated heterocycles. The van der Waals surface area contributed by atoms with Crippen molar-refractivity contribution in [2.24, 2.45) is 0 Å². The van der Waals surface area contributed by atoms with Gasteiger partial charge in [0.15, 0.2) is 0 Å². The molecule has 0 saturated carbocycles. The van der Waals surface area contributed by atoms with Gasteiger partial charge in [-0.25, -0.2) is 0 Å². The summed E-state index contributed by atoms with van der Waals surface area (Å²) >= 11 is 0. The molecule has 0 N–H and O–H groups in total. The van der Waals surface area contributed by atoms with E-state index in [0.717, 1.165) is 52.9 Å². The Kier molecular flexibility index (Phi) is 8.94. The van der Waals surface area contributed by atoms with Crippen LogP contribution in [0.3, 0.4) is 0 Å². The summed E-state index contributed by atoms with van der Waals surface area (Å²) in [6, 6.07) is 90.8. The lowest BCUT2D eigenvalue weighted by Crippen LogP contribution is -2.29. The fourth-order valence-corrected chi connectivity index (χ4v) is 12.9. The number of hydrogen-bond donors (Lipinski definition) is 0. The maximum absolute atomic E-state index is 6.28. The van der Waals surface area contributed by atoms with Gasteiger partial charge in [0.1, 0.15) is 5.58 Å². The molecule has 0 spiro atoms. The second kappa shape index (κ2) is 15.6. The predicted molar refractivity (Wildman–Crippen MR) is 283 cm³/mol. The molecule has 2 nitrogen and oxygen atoms in total. The standard InChI is InChI=1S/C67H47NO/c1-5-21-47(22-6-1)66(48-23-7-2-8-24-48)62-34-16-14-30-56(62)60-42-51(36-38-63(60)66)68(53-41-46-20-18-31-54(46)59(43-53)58-32-17-19-45-39-40-69-65(45)58)52-35-37-57-55-29-13-15-33-61(55)67(64(57)44-52,49-25-9-3-10-26-49)50-27-11-4-12-28-50/h1-17,19,21-30,32-44H,18,20,31H2. The summed E-state index contributed by atoms with van der Waals surface area (Å²) in [4.78, 5) is 2.54. The minimum absolute atomic E-state index is 0.495. The molecule has 14 rings (SSSR count). The molecule has 0 bridgehead atoms. The van der Waals surface area contributed by atoms with Gasteiger partial charge in [0.25, 0.3) is 0 Å². The van der Waals surface area contributed by atoms with Gasteiger partial charge in [0.05, 0.1) is 17.1 Å². The first-order valence-corrected chi connectivity index (χ1v) is 24.4. The van der Waals surface area contributed by atoms with E-state index in [9.17, 15) is 0 Å². The zero-order valence-electron chi connectivity index (χ0n) is 38.1. The maximum Gasteiger partial charge on any atom is 0.141 e. The molecule has 1 heterocycles. The van der Waals surface area contributed by atoms with Gasteiger partial charge in [-0.15, -0.1) is 0 Å². The van der Waals surface area contributed by atoms with Crippen LogP contribution in [0.2, 0.25) is 0 Å². The molecule has 0 amide bonds. The molecule has 3 aliphatic carbocycles. The number of fused-ring (bicyclic) bond motifs is 8. The van der Waals surface area contributed by atoms with Crippen molar-refractivity contribution < 1.29 is 4.42 Å². The fraction of sp³-hybridized carbons (Fsp3) is 0.0746. The molecule has 3 aliphatic rings. The third kappa shape index (κ3) is 5.73. The first-order valence-electron chi connectivity index (χ1n) is 24.4. The van der Waals surface area contributed by atoms with Crippen LogP contribution in [0.15, 0.2) is 253 Å². The lowest BCUT2D eigenvalue weighted by atomic mass is 9.67. The first-order chi connectivity index (χ1) is 34.2. The minimum atomic E-state index is -0.546. The Labute approximate surface area is 403 Å². The molecule has 69 heavy (non-hydrogen) atoms. The zero-order valence-corrected chi connectivity index (χ0v) is 38.1. The van der Waals surface area contributed by atoms with Crippen LogP contribution in [0, 0.1) is 0 Å². The summed E-state index contributed by atoms with van der Waals surface area (Å²) in [6.45, 7) is 0. The third-order valence-corrected chi connectivity index (χ3v) is 15.6. The predicted octanol–water partition coefficient (Wildman–Crippen LogP) is 16.8. The van der Waals surface area contributed by atoms with Gasteiger partial charge in [-0.1, -0.05) is 200 Å². The number of hydrogen-bond acceptors (Lipinski definition) is 2. The molecule has 1 aromatic heterocycles. The average molecular weight is 882 g/mol. The van der Waals surface area contributed by atoms with Crippen molar-refractivity contribution in [2.75, 3.05) is 4.90 Å². The van der Waals surface area contributed by atoms with Crippen LogP contribution in [0.1, 0.15) is 62.1 Å². The zero-order chi connectivity index (χ0) is 45.5. The van der Waals surface area contributed by atoms with Crippen LogP contribution in [0.25, 0.3) is 44.3 Å². The second-order valence-corrected chi connectivity index (χ2v) is 19.0. The van der Waals surface area contributed by atoms with E-state index < -0.39 is 10.8 Å². The van der Waals surface area contributed by atoms with E-state index in [-0.39, 0.29) is 0 Å². The van der Waals surface area contributed by atoms with E-state index >= 15 is 0 Å². The van der Waals surface area contributed by atoms with Gasteiger partial charge in [0, 0.05) is 28.0 Å². The van der Waals surface area contributed by atoms with Crippen molar-refractivity contribution in [2.45, 2.75) is 30.1 Å². The van der Waals surface area contributed by atoms with Gasteiger partial charge in [-0.3, -0.25) is 0 Å². The lowest BCUT2D eigenvalue weighted by Gasteiger charge is -2.35. The fourth-order valence-electron chi connectivity index (χ4n) is 12.9. The highest BCUT2D eigenvalue weighted by Crippen LogP contribution is 2.60. The topological polar surface area (TPSA) is 16.4 Å². The average Bonchev–Trinajstić information content (AvgIpc) is 4.23. The maximum atomic E-state index is 6.28. The monoisotopic (exact) mass is 881 g/mol. The van der Waals surface area contributed by atoms with Gasteiger partial charge in [0.2, 0.25) is 0 Å². The smallest absolute Gasteiger partial charge is 0.141 e. The minimum Gasteiger partial charge on any atom is -0.464 e.